The molecule has 1 aromatic rings. The summed E-state index contributed by atoms with van der Waals surface area (Å²) in [5.74, 6) is -0.224. The van der Waals surface area contributed by atoms with Gasteiger partial charge in [0.1, 0.15) is 5.82 Å². The Kier molecular flexibility index (Phi) is 8.64. The average molecular weight is 241 g/mol. The summed E-state index contributed by atoms with van der Waals surface area (Å²) < 4.78 is 19.1. The molecule has 0 amide bonds. The largest absolute Gasteiger partial charge is 0.372 e. The van der Waals surface area contributed by atoms with E-state index >= 15 is 0 Å². The van der Waals surface area contributed by atoms with Crippen molar-refractivity contribution in [1.29, 1.82) is 0 Å². The van der Waals surface area contributed by atoms with Crippen molar-refractivity contribution in [3.63, 3.8) is 0 Å². The van der Waals surface area contributed by atoms with Gasteiger partial charge >= 0.3 is 0 Å². The highest BCUT2D eigenvalue weighted by Gasteiger charge is 2.17. The monoisotopic (exact) mass is 241 g/mol. The lowest BCUT2D eigenvalue weighted by Gasteiger charge is -2.19. The highest BCUT2D eigenvalue weighted by Crippen LogP contribution is 2.24. The van der Waals surface area contributed by atoms with Crippen molar-refractivity contribution < 1.29 is 9.13 Å². The maximum Gasteiger partial charge on any atom is 0.129 e. The van der Waals surface area contributed by atoms with E-state index in [0.717, 1.165) is 12.0 Å². The summed E-state index contributed by atoms with van der Waals surface area (Å²) in [4.78, 5) is 0. The fraction of sp³-hybridized carbons (Fsp3) is 0.571. The number of nitrogens with two attached hydrogens (primary N) is 1. The molecule has 1 rings (SSSR count). The first-order valence-corrected chi connectivity index (χ1v) is 6.33. The quantitative estimate of drug-likeness (QED) is 0.857. The first-order valence-electron chi connectivity index (χ1n) is 6.33. The summed E-state index contributed by atoms with van der Waals surface area (Å²) in [7, 11) is 0. The SMILES string of the molecule is CC.CCO[C@@H](CN)c1c(F)cccc1CC. The van der Waals surface area contributed by atoms with Gasteiger partial charge in [-0.3, -0.25) is 0 Å². The average Bonchev–Trinajstić information content (AvgIpc) is 2.38. The number of rotatable bonds is 5. The van der Waals surface area contributed by atoms with Gasteiger partial charge in [0, 0.05) is 18.7 Å². The summed E-state index contributed by atoms with van der Waals surface area (Å²) in [5.41, 5.74) is 7.18. The van der Waals surface area contributed by atoms with Gasteiger partial charge in [0.15, 0.2) is 0 Å². The van der Waals surface area contributed by atoms with E-state index in [4.69, 9.17) is 10.5 Å². The van der Waals surface area contributed by atoms with E-state index < -0.39 is 0 Å². The zero-order valence-corrected chi connectivity index (χ0v) is 11.3. The molecule has 0 aliphatic rings. The second-order valence-corrected chi connectivity index (χ2v) is 3.35. The summed E-state index contributed by atoms with van der Waals surface area (Å²) >= 11 is 0. The predicted octanol–water partition coefficient (Wildman–Crippen LogP) is 3.45. The molecule has 98 valence electrons. The van der Waals surface area contributed by atoms with E-state index in [-0.39, 0.29) is 11.9 Å². The van der Waals surface area contributed by atoms with Crippen molar-refractivity contribution in [3.05, 3.63) is 35.1 Å². The molecule has 0 saturated carbocycles. The summed E-state index contributed by atoms with van der Waals surface area (Å²) in [5, 5.41) is 0. The number of hydrogen-bond donors (Lipinski definition) is 1. The molecule has 0 radical (unpaired) electrons. The van der Waals surface area contributed by atoms with E-state index in [1.807, 2.05) is 33.8 Å². The molecule has 3 heteroatoms. The standard InChI is InChI=1S/C12H18FNO.C2H6/c1-3-9-6-5-7-10(13)12(9)11(8-14)15-4-2;1-2/h5-7,11H,3-4,8,14H2,1-2H3;1-2H3/t11-;/m0./s1. The molecule has 1 aromatic carbocycles. The second-order valence-electron chi connectivity index (χ2n) is 3.35. The zero-order valence-electron chi connectivity index (χ0n) is 11.3. The van der Waals surface area contributed by atoms with Crippen LogP contribution in [0.3, 0.4) is 0 Å². The number of aryl methyl sites for hydroxylation is 1. The Morgan fingerprint density at radius 3 is 2.41 bits per heavy atom. The molecule has 0 aliphatic carbocycles. The molecule has 0 fully saturated rings. The van der Waals surface area contributed by atoms with Crippen LogP contribution in [0.2, 0.25) is 0 Å². The summed E-state index contributed by atoms with van der Waals surface area (Å²) in [6.07, 6.45) is 0.461. The highest BCUT2D eigenvalue weighted by molar-refractivity contribution is 5.31. The summed E-state index contributed by atoms with van der Waals surface area (Å²) in [6.45, 7) is 8.73. The Bertz CT molecular complexity index is 315. The Balaban J connectivity index is 0.00000121. The van der Waals surface area contributed by atoms with Crippen molar-refractivity contribution in [1.82, 2.24) is 0 Å². The van der Waals surface area contributed by atoms with Crippen molar-refractivity contribution in [2.24, 2.45) is 5.73 Å². The molecular weight excluding hydrogens is 217 g/mol. The molecule has 0 spiro atoms. The van der Waals surface area contributed by atoms with Crippen molar-refractivity contribution >= 4 is 0 Å². The third-order valence-electron chi connectivity index (χ3n) is 2.43. The lowest BCUT2D eigenvalue weighted by Crippen LogP contribution is -2.18. The van der Waals surface area contributed by atoms with Gasteiger partial charge in [0.25, 0.3) is 0 Å². The first kappa shape index (κ1) is 16.1. The molecule has 0 unspecified atom stereocenters. The van der Waals surface area contributed by atoms with Crippen LogP contribution in [0.25, 0.3) is 0 Å². The highest BCUT2D eigenvalue weighted by atomic mass is 19.1. The topological polar surface area (TPSA) is 35.2 Å². The van der Waals surface area contributed by atoms with Crippen LogP contribution in [0, 0.1) is 5.82 Å². The molecular formula is C14H24FNO. The van der Waals surface area contributed by atoms with Crippen LogP contribution in [0.5, 0.6) is 0 Å². The van der Waals surface area contributed by atoms with Gasteiger partial charge in [-0.2, -0.15) is 0 Å². The Labute approximate surface area is 104 Å². The molecule has 0 bridgehead atoms. The molecule has 0 aromatic heterocycles. The molecule has 0 saturated heterocycles. The lowest BCUT2D eigenvalue weighted by atomic mass is 9.99. The first-order chi connectivity index (χ1) is 8.24. The Morgan fingerprint density at radius 1 is 1.29 bits per heavy atom. The second kappa shape index (κ2) is 9.14. The lowest BCUT2D eigenvalue weighted by molar-refractivity contribution is 0.0656. The maximum absolute atomic E-state index is 13.7. The van der Waals surface area contributed by atoms with Crippen molar-refractivity contribution in [2.45, 2.75) is 40.2 Å². The normalized spacial score (nSPS) is 11.6. The van der Waals surface area contributed by atoms with Gasteiger partial charge in [0.2, 0.25) is 0 Å². The van der Waals surface area contributed by atoms with Crippen LogP contribution in [0.15, 0.2) is 18.2 Å². The summed E-state index contributed by atoms with van der Waals surface area (Å²) in [6, 6.07) is 5.09. The number of halogens is 1. The van der Waals surface area contributed by atoms with Gasteiger partial charge < -0.3 is 10.5 Å². The van der Waals surface area contributed by atoms with E-state index in [0.29, 0.717) is 18.7 Å². The minimum atomic E-state index is -0.328. The van der Waals surface area contributed by atoms with Crippen LogP contribution in [-0.2, 0) is 11.2 Å². The van der Waals surface area contributed by atoms with Gasteiger partial charge in [-0.15, -0.1) is 0 Å². The molecule has 2 nitrogen and oxygen atoms in total. The Hall–Kier alpha value is -0.930. The van der Waals surface area contributed by atoms with Crippen LogP contribution in [-0.4, -0.2) is 13.2 Å². The van der Waals surface area contributed by atoms with E-state index in [9.17, 15) is 4.39 Å². The van der Waals surface area contributed by atoms with Crippen LogP contribution >= 0.6 is 0 Å². The fourth-order valence-corrected chi connectivity index (χ4v) is 1.72. The van der Waals surface area contributed by atoms with Gasteiger partial charge in [0.05, 0.1) is 6.10 Å². The van der Waals surface area contributed by atoms with Crippen LogP contribution in [0.1, 0.15) is 44.9 Å². The van der Waals surface area contributed by atoms with Crippen LogP contribution < -0.4 is 5.73 Å². The smallest absolute Gasteiger partial charge is 0.129 e. The molecule has 0 heterocycles. The number of ether oxygens (including phenoxy) is 1. The number of hydrogen-bond acceptors (Lipinski definition) is 2. The third kappa shape index (κ3) is 4.44. The van der Waals surface area contributed by atoms with Crippen molar-refractivity contribution in [3.8, 4) is 0 Å². The number of benzene rings is 1. The predicted molar refractivity (Wildman–Crippen MR) is 70.5 cm³/mol. The minimum absolute atomic E-state index is 0.224. The van der Waals surface area contributed by atoms with E-state index in [1.165, 1.54) is 6.07 Å². The van der Waals surface area contributed by atoms with Crippen LogP contribution in [0.4, 0.5) is 4.39 Å². The van der Waals surface area contributed by atoms with E-state index in [2.05, 4.69) is 0 Å². The molecule has 17 heavy (non-hydrogen) atoms. The molecule has 1 atom stereocenters. The molecule has 0 aliphatic heterocycles. The third-order valence-corrected chi connectivity index (χ3v) is 2.43. The Morgan fingerprint density at radius 2 is 1.94 bits per heavy atom. The molecule has 2 N–H and O–H groups in total. The maximum atomic E-state index is 13.7. The van der Waals surface area contributed by atoms with Gasteiger partial charge in [-0.25, -0.2) is 4.39 Å². The zero-order chi connectivity index (χ0) is 13.3. The fourth-order valence-electron chi connectivity index (χ4n) is 1.72. The van der Waals surface area contributed by atoms with Gasteiger partial charge in [-0.1, -0.05) is 32.9 Å². The minimum Gasteiger partial charge on any atom is -0.372 e. The van der Waals surface area contributed by atoms with Crippen molar-refractivity contribution in [2.75, 3.05) is 13.2 Å². The van der Waals surface area contributed by atoms with Gasteiger partial charge in [-0.05, 0) is 25.0 Å². The van der Waals surface area contributed by atoms with E-state index in [1.54, 1.807) is 6.07 Å².